The number of aryl methyl sites for hydroxylation is 1. The van der Waals surface area contributed by atoms with E-state index < -0.39 is 0 Å². The summed E-state index contributed by atoms with van der Waals surface area (Å²) in [6.45, 7) is 4.16. The molecule has 0 unspecified atom stereocenters. The first kappa shape index (κ1) is 17.2. The molecule has 0 aliphatic carbocycles. The molecular formula is C18H19ClN4O2. The maximum atomic E-state index is 12.5. The summed E-state index contributed by atoms with van der Waals surface area (Å²) in [5, 5.41) is 3.85. The molecule has 7 heteroatoms. The lowest BCUT2D eigenvalue weighted by atomic mass is 10.2. The Kier molecular flexibility index (Phi) is 5.19. The second-order valence-electron chi connectivity index (χ2n) is 5.95. The number of carbonyl (C=O) groups is 2. The van der Waals surface area contributed by atoms with Gasteiger partial charge in [0.25, 0.3) is 5.91 Å². The van der Waals surface area contributed by atoms with Gasteiger partial charge in [0.15, 0.2) is 0 Å². The number of nitrogens with zero attached hydrogens (tertiary/aromatic N) is 3. The van der Waals surface area contributed by atoms with Crippen molar-refractivity contribution in [2.24, 2.45) is 0 Å². The number of hydrogen-bond donors (Lipinski definition) is 1. The van der Waals surface area contributed by atoms with Crippen molar-refractivity contribution < 1.29 is 9.59 Å². The first-order valence-electron chi connectivity index (χ1n) is 8.04. The lowest BCUT2D eigenvalue weighted by molar-refractivity contribution is -0.119. The Bertz CT molecular complexity index is 771. The van der Waals surface area contributed by atoms with Gasteiger partial charge < -0.3 is 15.1 Å². The number of nitrogens with one attached hydrogen (secondary N) is 1. The molecular weight excluding hydrogens is 340 g/mol. The van der Waals surface area contributed by atoms with E-state index in [0.29, 0.717) is 42.6 Å². The summed E-state index contributed by atoms with van der Waals surface area (Å²) in [7, 11) is 0. The molecule has 25 heavy (non-hydrogen) atoms. The average Bonchev–Trinajstić information content (AvgIpc) is 2.65. The molecule has 0 spiro atoms. The Labute approximate surface area is 151 Å². The smallest absolute Gasteiger partial charge is 0.255 e. The predicted octanol–water partition coefficient (Wildman–Crippen LogP) is 2.70. The molecule has 1 aliphatic rings. The summed E-state index contributed by atoms with van der Waals surface area (Å²) < 4.78 is 0. The van der Waals surface area contributed by atoms with Crippen LogP contribution in [0.1, 0.15) is 15.9 Å². The summed E-state index contributed by atoms with van der Waals surface area (Å²) >= 11 is 6.12. The number of carbonyl (C=O) groups excluding carboxylic acids is 2. The number of piperazine rings is 1. The maximum Gasteiger partial charge on any atom is 0.255 e. The minimum Gasteiger partial charge on any atom is -0.342 e. The molecule has 1 fully saturated rings. The summed E-state index contributed by atoms with van der Waals surface area (Å²) in [5.74, 6) is 0.574. The molecule has 1 aromatic carbocycles. The van der Waals surface area contributed by atoms with E-state index in [2.05, 4.69) is 10.3 Å². The van der Waals surface area contributed by atoms with Crippen LogP contribution in [-0.4, -0.2) is 53.3 Å². The van der Waals surface area contributed by atoms with Gasteiger partial charge in [0, 0.05) is 43.1 Å². The maximum absolute atomic E-state index is 12.5. The quantitative estimate of drug-likeness (QED) is 0.853. The van der Waals surface area contributed by atoms with Crippen molar-refractivity contribution in [2.75, 3.05) is 31.5 Å². The molecule has 0 bridgehead atoms. The van der Waals surface area contributed by atoms with E-state index in [1.807, 2.05) is 25.1 Å². The van der Waals surface area contributed by atoms with Crippen LogP contribution in [0.25, 0.3) is 0 Å². The topological polar surface area (TPSA) is 65.5 Å². The first-order chi connectivity index (χ1) is 12.1. The largest absolute Gasteiger partial charge is 0.342 e. The number of benzene rings is 1. The number of rotatable bonds is 4. The van der Waals surface area contributed by atoms with E-state index in [0.717, 1.165) is 17.7 Å². The Hall–Kier alpha value is -2.60. The SMILES string of the molecule is Cc1ccc(Nc2ccc(C(=O)N3CCN(C=O)CC3)cn2)cc1Cl. The molecule has 0 atom stereocenters. The van der Waals surface area contributed by atoms with E-state index >= 15 is 0 Å². The predicted molar refractivity (Wildman–Crippen MR) is 97.2 cm³/mol. The van der Waals surface area contributed by atoms with Crippen molar-refractivity contribution in [2.45, 2.75) is 6.92 Å². The van der Waals surface area contributed by atoms with Crippen molar-refractivity contribution in [3.05, 3.63) is 52.7 Å². The van der Waals surface area contributed by atoms with Gasteiger partial charge in [-0.15, -0.1) is 0 Å². The molecule has 1 aromatic heterocycles. The average molecular weight is 359 g/mol. The van der Waals surface area contributed by atoms with Crippen LogP contribution in [0.3, 0.4) is 0 Å². The molecule has 2 amide bonds. The Morgan fingerprint density at radius 2 is 1.96 bits per heavy atom. The third kappa shape index (κ3) is 4.09. The number of amides is 2. The fourth-order valence-corrected chi connectivity index (χ4v) is 2.81. The highest BCUT2D eigenvalue weighted by atomic mass is 35.5. The third-order valence-electron chi connectivity index (χ3n) is 4.21. The Balaban J connectivity index is 1.64. The molecule has 130 valence electrons. The van der Waals surface area contributed by atoms with Crippen molar-refractivity contribution in [1.29, 1.82) is 0 Å². The van der Waals surface area contributed by atoms with Gasteiger partial charge in [0.1, 0.15) is 5.82 Å². The Morgan fingerprint density at radius 1 is 1.20 bits per heavy atom. The molecule has 0 radical (unpaired) electrons. The number of aromatic nitrogens is 1. The minimum atomic E-state index is -0.0667. The van der Waals surface area contributed by atoms with Crippen LogP contribution in [-0.2, 0) is 4.79 Å². The Morgan fingerprint density at radius 3 is 2.56 bits per heavy atom. The number of halogens is 1. The van der Waals surface area contributed by atoms with E-state index in [1.54, 1.807) is 28.1 Å². The van der Waals surface area contributed by atoms with Crippen LogP contribution >= 0.6 is 11.6 Å². The van der Waals surface area contributed by atoms with Crippen LogP contribution in [0.2, 0.25) is 5.02 Å². The van der Waals surface area contributed by atoms with Gasteiger partial charge in [-0.3, -0.25) is 9.59 Å². The molecule has 0 saturated carbocycles. The fraction of sp³-hybridized carbons (Fsp3) is 0.278. The van der Waals surface area contributed by atoms with Gasteiger partial charge in [0.05, 0.1) is 5.56 Å². The normalized spacial score (nSPS) is 14.3. The van der Waals surface area contributed by atoms with Crippen LogP contribution in [0.4, 0.5) is 11.5 Å². The van der Waals surface area contributed by atoms with Gasteiger partial charge in [-0.05, 0) is 36.8 Å². The highest BCUT2D eigenvalue weighted by molar-refractivity contribution is 6.31. The minimum absolute atomic E-state index is 0.0667. The number of pyridine rings is 1. The zero-order valence-electron chi connectivity index (χ0n) is 13.9. The molecule has 1 saturated heterocycles. The first-order valence-corrected chi connectivity index (χ1v) is 8.42. The zero-order valence-corrected chi connectivity index (χ0v) is 14.7. The third-order valence-corrected chi connectivity index (χ3v) is 4.61. The molecule has 3 rings (SSSR count). The number of anilines is 2. The zero-order chi connectivity index (χ0) is 17.8. The van der Waals surface area contributed by atoms with Gasteiger partial charge in [-0.1, -0.05) is 17.7 Å². The van der Waals surface area contributed by atoms with Gasteiger partial charge in [-0.25, -0.2) is 4.98 Å². The second kappa shape index (κ2) is 7.53. The molecule has 2 heterocycles. The van der Waals surface area contributed by atoms with Crippen molar-refractivity contribution in [3.8, 4) is 0 Å². The van der Waals surface area contributed by atoms with E-state index in [1.165, 1.54) is 0 Å². The number of hydrogen-bond acceptors (Lipinski definition) is 4. The lowest BCUT2D eigenvalue weighted by Gasteiger charge is -2.32. The van der Waals surface area contributed by atoms with Gasteiger partial charge >= 0.3 is 0 Å². The second-order valence-corrected chi connectivity index (χ2v) is 6.36. The standard InChI is InChI=1S/C18H19ClN4O2/c1-13-2-4-15(10-16(13)19)21-17-5-3-14(11-20-17)18(25)23-8-6-22(12-24)7-9-23/h2-5,10-12H,6-9H2,1H3,(H,20,21). The highest BCUT2D eigenvalue weighted by Crippen LogP contribution is 2.22. The summed E-state index contributed by atoms with van der Waals surface area (Å²) in [4.78, 5) is 30.9. The van der Waals surface area contributed by atoms with Gasteiger partial charge in [0.2, 0.25) is 6.41 Å². The summed E-state index contributed by atoms with van der Waals surface area (Å²) in [6, 6.07) is 9.21. The molecule has 6 nitrogen and oxygen atoms in total. The van der Waals surface area contributed by atoms with E-state index in [-0.39, 0.29) is 5.91 Å². The summed E-state index contributed by atoms with van der Waals surface area (Å²) in [6.07, 6.45) is 2.38. The van der Waals surface area contributed by atoms with Crippen LogP contribution in [0, 0.1) is 6.92 Å². The van der Waals surface area contributed by atoms with E-state index in [4.69, 9.17) is 11.6 Å². The molecule has 1 N–H and O–H groups in total. The fourth-order valence-electron chi connectivity index (χ4n) is 2.63. The van der Waals surface area contributed by atoms with Crippen molar-refractivity contribution in [1.82, 2.24) is 14.8 Å². The van der Waals surface area contributed by atoms with E-state index in [9.17, 15) is 9.59 Å². The highest BCUT2D eigenvalue weighted by Gasteiger charge is 2.21. The molecule has 1 aliphatic heterocycles. The van der Waals surface area contributed by atoms with Crippen molar-refractivity contribution >= 4 is 35.4 Å². The lowest BCUT2D eigenvalue weighted by Crippen LogP contribution is -2.48. The van der Waals surface area contributed by atoms with Crippen molar-refractivity contribution in [3.63, 3.8) is 0 Å². The van der Waals surface area contributed by atoms with Crippen LogP contribution < -0.4 is 5.32 Å². The van der Waals surface area contributed by atoms with Crippen LogP contribution in [0.15, 0.2) is 36.5 Å². The monoisotopic (exact) mass is 358 g/mol. The summed E-state index contributed by atoms with van der Waals surface area (Å²) in [5.41, 5.74) is 2.38. The molecule has 2 aromatic rings. The van der Waals surface area contributed by atoms with Crippen LogP contribution in [0.5, 0.6) is 0 Å². The van der Waals surface area contributed by atoms with Gasteiger partial charge in [-0.2, -0.15) is 0 Å².